The van der Waals surface area contributed by atoms with Gasteiger partial charge in [0.25, 0.3) is 0 Å². The molecule has 126 valence electrons. The predicted molar refractivity (Wildman–Crippen MR) is 88.3 cm³/mol. The molecule has 0 fully saturated rings. The fraction of sp³-hybridized carbons (Fsp3) is 0.188. The smallest absolute Gasteiger partial charge is 0.417 e. The van der Waals surface area contributed by atoms with Crippen LogP contribution in [0.15, 0.2) is 46.1 Å². The number of carbonyl (C=O) groups is 1. The number of Topliss-reactive ketones (excluding diaryl/α,β-unsaturated/α-hetero) is 1. The van der Waals surface area contributed by atoms with Crippen LogP contribution in [0.25, 0.3) is 5.57 Å². The molecule has 1 atom stereocenters. The summed E-state index contributed by atoms with van der Waals surface area (Å²) in [5.74, 6) is -0.208. The van der Waals surface area contributed by atoms with Crippen LogP contribution < -0.4 is 5.32 Å². The maximum Gasteiger partial charge on any atom is 0.417 e. The van der Waals surface area contributed by atoms with Crippen LogP contribution in [0, 0.1) is 0 Å². The van der Waals surface area contributed by atoms with Gasteiger partial charge in [0, 0.05) is 17.1 Å². The van der Waals surface area contributed by atoms with Crippen molar-refractivity contribution in [3.63, 3.8) is 0 Å². The van der Waals surface area contributed by atoms with Crippen molar-refractivity contribution in [3.05, 3.63) is 62.1 Å². The van der Waals surface area contributed by atoms with E-state index in [9.17, 15) is 18.0 Å². The van der Waals surface area contributed by atoms with Gasteiger partial charge in [0.2, 0.25) is 5.78 Å². The van der Waals surface area contributed by atoms with E-state index >= 15 is 0 Å². The molecule has 1 aromatic heterocycles. The predicted octanol–water partition coefficient (Wildman–Crippen LogP) is 4.76. The van der Waals surface area contributed by atoms with Crippen molar-refractivity contribution < 1.29 is 22.7 Å². The Morgan fingerprint density at radius 2 is 2.00 bits per heavy atom. The third-order valence-corrected chi connectivity index (χ3v) is 5.32. The van der Waals surface area contributed by atoms with Crippen LogP contribution in [0.1, 0.15) is 22.1 Å². The molecule has 1 aromatic carbocycles. The molecule has 24 heavy (non-hydrogen) atoms. The molecule has 3 rings (SSSR count). The van der Waals surface area contributed by atoms with Crippen molar-refractivity contribution in [3.8, 4) is 0 Å². The van der Waals surface area contributed by atoms with Gasteiger partial charge in [-0.1, -0.05) is 18.2 Å². The third-order valence-electron chi connectivity index (χ3n) is 3.55. The van der Waals surface area contributed by atoms with Crippen LogP contribution in [0.2, 0.25) is 0 Å². The van der Waals surface area contributed by atoms with Crippen LogP contribution >= 0.6 is 27.3 Å². The first kappa shape index (κ1) is 17.0. The van der Waals surface area contributed by atoms with Crippen LogP contribution in [0.5, 0.6) is 0 Å². The number of nitrogens with one attached hydrogen (secondary N) is 1. The highest BCUT2D eigenvalue weighted by Gasteiger charge is 2.40. The highest BCUT2D eigenvalue weighted by atomic mass is 79.9. The molecule has 2 heterocycles. The second-order valence-corrected chi connectivity index (χ2v) is 6.77. The molecule has 8 heteroatoms. The molecule has 0 saturated heterocycles. The number of halogens is 4. The largest absolute Gasteiger partial charge is 0.461 e. The fourth-order valence-corrected chi connectivity index (χ4v) is 3.92. The average Bonchev–Trinajstić information content (AvgIpc) is 3.14. The Morgan fingerprint density at radius 1 is 1.25 bits per heavy atom. The lowest BCUT2D eigenvalue weighted by Gasteiger charge is -2.13. The van der Waals surface area contributed by atoms with Crippen molar-refractivity contribution in [1.29, 1.82) is 0 Å². The van der Waals surface area contributed by atoms with Gasteiger partial charge in [-0.25, -0.2) is 0 Å². The minimum absolute atomic E-state index is 0.105. The Labute approximate surface area is 148 Å². The summed E-state index contributed by atoms with van der Waals surface area (Å²) in [6, 6.07) is 7.24. The number of ketones is 1. The van der Waals surface area contributed by atoms with Gasteiger partial charge in [-0.3, -0.25) is 4.79 Å². The first-order valence-electron chi connectivity index (χ1n) is 6.87. The maximum atomic E-state index is 13.1. The summed E-state index contributed by atoms with van der Waals surface area (Å²) in [5, 5.41) is 4.57. The van der Waals surface area contributed by atoms with E-state index in [1.54, 1.807) is 19.2 Å². The summed E-state index contributed by atoms with van der Waals surface area (Å²) in [5.41, 5.74) is -0.581. The Hall–Kier alpha value is -1.80. The molecule has 0 spiro atoms. The van der Waals surface area contributed by atoms with Gasteiger partial charge in [-0.15, -0.1) is 11.3 Å². The quantitative estimate of drug-likeness (QED) is 0.782. The summed E-state index contributed by atoms with van der Waals surface area (Å²) in [6.45, 7) is 0. The maximum absolute atomic E-state index is 13.1. The second-order valence-electron chi connectivity index (χ2n) is 5.00. The SMILES string of the molecule is CNC1=C(c2cccc(C(F)(F)F)c2Br)C(=O)C(c2cccs2)O1. The van der Waals surface area contributed by atoms with Gasteiger partial charge < -0.3 is 10.1 Å². The number of hydrogen-bond donors (Lipinski definition) is 1. The number of rotatable bonds is 3. The Balaban J connectivity index is 2.09. The van der Waals surface area contributed by atoms with Crippen molar-refractivity contribution >= 4 is 38.6 Å². The number of benzene rings is 1. The van der Waals surface area contributed by atoms with E-state index in [0.29, 0.717) is 4.88 Å². The third kappa shape index (κ3) is 2.84. The van der Waals surface area contributed by atoms with Gasteiger partial charge in [0.15, 0.2) is 12.0 Å². The van der Waals surface area contributed by atoms with Gasteiger partial charge in [0.05, 0.1) is 16.0 Å². The van der Waals surface area contributed by atoms with Crippen molar-refractivity contribution in [2.24, 2.45) is 0 Å². The fourth-order valence-electron chi connectivity index (χ4n) is 2.48. The summed E-state index contributed by atoms with van der Waals surface area (Å²) in [6.07, 6.45) is -5.37. The number of carbonyl (C=O) groups excluding carboxylic acids is 1. The highest BCUT2D eigenvalue weighted by molar-refractivity contribution is 9.10. The summed E-state index contributed by atoms with van der Waals surface area (Å²) in [7, 11) is 1.56. The minimum Gasteiger partial charge on any atom is -0.461 e. The molecular weight excluding hydrogens is 407 g/mol. The lowest BCUT2D eigenvalue weighted by atomic mass is 9.98. The molecule has 1 aliphatic heterocycles. The van der Waals surface area contributed by atoms with Crippen LogP contribution in [-0.4, -0.2) is 12.8 Å². The molecule has 1 N–H and O–H groups in total. The minimum atomic E-state index is -4.52. The zero-order valence-electron chi connectivity index (χ0n) is 12.3. The van der Waals surface area contributed by atoms with Crippen LogP contribution in [0.4, 0.5) is 13.2 Å². The molecule has 0 saturated carbocycles. The van der Waals surface area contributed by atoms with Crippen LogP contribution in [0.3, 0.4) is 0 Å². The first-order valence-corrected chi connectivity index (χ1v) is 8.54. The van der Waals surface area contributed by atoms with E-state index in [2.05, 4.69) is 21.2 Å². The average molecular weight is 418 g/mol. The summed E-state index contributed by atoms with van der Waals surface area (Å²) in [4.78, 5) is 13.5. The van der Waals surface area contributed by atoms with E-state index in [1.165, 1.54) is 23.5 Å². The van der Waals surface area contributed by atoms with Crippen molar-refractivity contribution in [2.75, 3.05) is 7.05 Å². The zero-order valence-corrected chi connectivity index (χ0v) is 14.7. The molecular formula is C16H11BrF3NO2S. The van der Waals surface area contributed by atoms with E-state index in [1.807, 2.05) is 5.38 Å². The molecule has 0 bridgehead atoms. The molecule has 1 unspecified atom stereocenters. The Morgan fingerprint density at radius 3 is 2.58 bits per heavy atom. The lowest BCUT2D eigenvalue weighted by molar-refractivity contribution is -0.138. The number of hydrogen-bond acceptors (Lipinski definition) is 4. The molecule has 1 aliphatic rings. The Kier molecular flexibility index (Phi) is 4.44. The molecule has 0 radical (unpaired) electrons. The van der Waals surface area contributed by atoms with Crippen LogP contribution in [-0.2, 0) is 15.7 Å². The van der Waals surface area contributed by atoms with E-state index in [-0.39, 0.29) is 27.3 Å². The van der Waals surface area contributed by atoms with Crippen molar-refractivity contribution in [2.45, 2.75) is 12.3 Å². The molecule has 3 nitrogen and oxygen atoms in total. The van der Waals surface area contributed by atoms with E-state index in [0.717, 1.165) is 6.07 Å². The number of ether oxygens (including phenoxy) is 1. The number of alkyl halides is 3. The normalized spacial score (nSPS) is 18.0. The van der Waals surface area contributed by atoms with Gasteiger partial charge in [-0.2, -0.15) is 13.2 Å². The van der Waals surface area contributed by atoms with E-state index in [4.69, 9.17) is 4.74 Å². The lowest BCUT2D eigenvalue weighted by Crippen LogP contribution is -2.11. The molecule has 0 aliphatic carbocycles. The second kappa shape index (κ2) is 6.25. The van der Waals surface area contributed by atoms with E-state index < -0.39 is 17.8 Å². The van der Waals surface area contributed by atoms with Gasteiger partial charge >= 0.3 is 6.18 Å². The Bertz CT molecular complexity index is 815. The standard InChI is InChI=1S/C16H11BrF3NO2S/c1-21-15-11(13(22)14(23-15)10-6-3-7-24-10)8-4-2-5-9(12(8)17)16(18,19)20/h2-7,14,21H,1H3. The molecule has 2 aromatic rings. The summed E-state index contributed by atoms with van der Waals surface area (Å²) < 4.78 is 44.8. The molecule has 0 amide bonds. The highest BCUT2D eigenvalue weighted by Crippen LogP contribution is 2.43. The van der Waals surface area contributed by atoms with Crippen molar-refractivity contribution in [1.82, 2.24) is 5.32 Å². The summed E-state index contributed by atoms with van der Waals surface area (Å²) >= 11 is 4.35. The van der Waals surface area contributed by atoms with Gasteiger partial charge in [0.1, 0.15) is 0 Å². The first-order chi connectivity index (χ1) is 11.3. The number of thiophene rings is 1. The topological polar surface area (TPSA) is 38.3 Å². The zero-order chi connectivity index (χ0) is 17.5. The monoisotopic (exact) mass is 417 g/mol. The van der Waals surface area contributed by atoms with Gasteiger partial charge in [-0.05, 0) is 33.4 Å².